The van der Waals surface area contributed by atoms with Gasteiger partial charge in [0.15, 0.2) is 12.4 Å². The molecule has 0 unspecified atom stereocenters. The summed E-state index contributed by atoms with van der Waals surface area (Å²) in [5, 5.41) is 14.2. The van der Waals surface area contributed by atoms with Gasteiger partial charge >= 0.3 is 5.69 Å². The second-order valence-electron chi connectivity index (χ2n) is 4.98. The molecule has 2 aromatic carbocycles. The van der Waals surface area contributed by atoms with Crippen LogP contribution in [0.4, 0.5) is 11.4 Å². The van der Waals surface area contributed by atoms with E-state index in [1.54, 1.807) is 19.1 Å². The average molecular weight is 385 g/mol. The summed E-state index contributed by atoms with van der Waals surface area (Å²) in [7, 11) is 1.39. The quantitative estimate of drug-likeness (QED) is 0.594. The lowest BCUT2D eigenvalue weighted by Gasteiger charge is -2.12. The number of halogens is 2. The molecular formula is C16H14Cl2N2O5. The Labute approximate surface area is 153 Å². The molecule has 0 aliphatic carbocycles. The van der Waals surface area contributed by atoms with Crippen molar-refractivity contribution in [3.05, 3.63) is 56.1 Å². The Hall–Kier alpha value is -2.51. The van der Waals surface area contributed by atoms with Crippen molar-refractivity contribution >= 4 is 40.5 Å². The Bertz CT molecular complexity index is 826. The van der Waals surface area contributed by atoms with Crippen molar-refractivity contribution in [2.24, 2.45) is 0 Å². The largest absolute Gasteiger partial charge is 0.496 e. The Morgan fingerprint density at radius 3 is 2.64 bits per heavy atom. The van der Waals surface area contributed by atoms with Gasteiger partial charge in [-0.05, 0) is 30.7 Å². The van der Waals surface area contributed by atoms with E-state index in [1.807, 2.05) is 0 Å². The summed E-state index contributed by atoms with van der Waals surface area (Å²) in [4.78, 5) is 22.5. The Morgan fingerprint density at radius 2 is 2.00 bits per heavy atom. The average Bonchev–Trinajstić information content (AvgIpc) is 2.60. The number of aryl methyl sites for hydroxylation is 1. The van der Waals surface area contributed by atoms with Crippen molar-refractivity contribution in [2.45, 2.75) is 6.92 Å². The van der Waals surface area contributed by atoms with Gasteiger partial charge in [-0.15, -0.1) is 0 Å². The monoisotopic (exact) mass is 384 g/mol. The summed E-state index contributed by atoms with van der Waals surface area (Å²) in [6, 6.07) is 7.39. The van der Waals surface area contributed by atoms with E-state index in [0.29, 0.717) is 10.8 Å². The van der Waals surface area contributed by atoms with Gasteiger partial charge in [-0.1, -0.05) is 29.3 Å². The topological polar surface area (TPSA) is 90.7 Å². The summed E-state index contributed by atoms with van der Waals surface area (Å²) >= 11 is 12.1. The fourth-order valence-corrected chi connectivity index (χ4v) is 2.44. The molecule has 0 radical (unpaired) electrons. The third-order valence-electron chi connectivity index (χ3n) is 3.27. The fourth-order valence-electron chi connectivity index (χ4n) is 1.98. The molecular weight excluding hydrogens is 371 g/mol. The molecule has 0 bridgehead atoms. The van der Waals surface area contributed by atoms with Crippen LogP contribution in [0, 0.1) is 17.0 Å². The maximum atomic E-state index is 12.1. The van der Waals surface area contributed by atoms with Gasteiger partial charge in [-0.2, -0.15) is 0 Å². The van der Waals surface area contributed by atoms with Crippen LogP contribution in [0.15, 0.2) is 30.3 Å². The predicted molar refractivity (Wildman–Crippen MR) is 95.0 cm³/mol. The van der Waals surface area contributed by atoms with Crippen molar-refractivity contribution in [3.8, 4) is 11.5 Å². The fraction of sp³-hybridized carbons (Fsp3) is 0.188. The number of benzene rings is 2. The van der Waals surface area contributed by atoms with E-state index in [0.717, 1.165) is 5.56 Å². The Kier molecular flexibility index (Phi) is 6.06. The normalized spacial score (nSPS) is 10.2. The van der Waals surface area contributed by atoms with E-state index in [2.05, 4.69) is 5.32 Å². The SMILES string of the molecule is COc1ccc(OCC(=O)Nc2c(Cl)ccc(C)c2Cl)c([N+](=O)[O-])c1. The molecule has 0 aromatic heterocycles. The smallest absolute Gasteiger partial charge is 0.314 e. The third-order valence-corrected chi connectivity index (χ3v) is 4.07. The number of hydrogen-bond donors (Lipinski definition) is 1. The summed E-state index contributed by atoms with van der Waals surface area (Å²) < 4.78 is 10.2. The highest BCUT2D eigenvalue weighted by Gasteiger charge is 2.18. The van der Waals surface area contributed by atoms with E-state index in [9.17, 15) is 14.9 Å². The number of ether oxygens (including phenoxy) is 2. The molecule has 0 atom stereocenters. The maximum absolute atomic E-state index is 12.1. The van der Waals surface area contributed by atoms with Crippen LogP contribution >= 0.6 is 23.2 Å². The molecule has 1 N–H and O–H groups in total. The zero-order chi connectivity index (χ0) is 18.6. The third kappa shape index (κ3) is 4.52. The number of hydrogen-bond acceptors (Lipinski definition) is 5. The molecule has 0 aliphatic rings. The van der Waals surface area contributed by atoms with Crippen LogP contribution in [0.2, 0.25) is 10.0 Å². The molecule has 2 rings (SSSR count). The lowest BCUT2D eigenvalue weighted by atomic mass is 10.2. The van der Waals surface area contributed by atoms with E-state index in [1.165, 1.54) is 25.3 Å². The minimum absolute atomic E-state index is 0.0533. The van der Waals surface area contributed by atoms with Gasteiger partial charge in [0.2, 0.25) is 0 Å². The first-order valence-corrected chi connectivity index (χ1v) is 7.78. The molecule has 0 heterocycles. The van der Waals surface area contributed by atoms with E-state index >= 15 is 0 Å². The first-order valence-electron chi connectivity index (χ1n) is 7.03. The number of amides is 1. The van der Waals surface area contributed by atoms with Crippen LogP contribution in [-0.2, 0) is 4.79 Å². The minimum atomic E-state index is -0.621. The molecule has 0 aliphatic heterocycles. The molecule has 132 valence electrons. The molecule has 0 fully saturated rings. The van der Waals surface area contributed by atoms with Gasteiger partial charge in [0.25, 0.3) is 5.91 Å². The van der Waals surface area contributed by atoms with Crippen LogP contribution in [0.3, 0.4) is 0 Å². The van der Waals surface area contributed by atoms with Gasteiger partial charge < -0.3 is 14.8 Å². The number of nitro benzene ring substituents is 1. The number of methoxy groups -OCH3 is 1. The van der Waals surface area contributed by atoms with Crippen LogP contribution in [0.25, 0.3) is 0 Å². The Morgan fingerprint density at radius 1 is 1.28 bits per heavy atom. The number of carbonyl (C=O) groups is 1. The number of rotatable bonds is 6. The molecule has 0 spiro atoms. The molecule has 7 nitrogen and oxygen atoms in total. The summed E-state index contributed by atoms with van der Waals surface area (Å²) in [6.45, 7) is 1.32. The molecule has 1 amide bonds. The summed E-state index contributed by atoms with van der Waals surface area (Å²) in [5.74, 6) is -0.302. The predicted octanol–water partition coefficient (Wildman–Crippen LogP) is 4.24. The maximum Gasteiger partial charge on any atom is 0.314 e. The highest BCUT2D eigenvalue weighted by atomic mass is 35.5. The molecule has 0 saturated carbocycles. The number of nitro groups is 1. The second kappa shape index (κ2) is 8.04. The van der Waals surface area contributed by atoms with Crippen molar-refractivity contribution in [1.82, 2.24) is 0 Å². The number of anilines is 1. The van der Waals surface area contributed by atoms with Crippen LogP contribution in [0.5, 0.6) is 11.5 Å². The molecule has 9 heteroatoms. The van der Waals surface area contributed by atoms with Gasteiger partial charge in [-0.25, -0.2) is 0 Å². The van der Waals surface area contributed by atoms with Crippen LogP contribution < -0.4 is 14.8 Å². The molecule has 0 saturated heterocycles. The van der Waals surface area contributed by atoms with Gasteiger partial charge in [0, 0.05) is 0 Å². The van der Waals surface area contributed by atoms with Gasteiger partial charge in [0.05, 0.1) is 33.8 Å². The summed E-state index contributed by atoms with van der Waals surface area (Å²) in [5.41, 5.74) is 0.702. The minimum Gasteiger partial charge on any atom is -0.496 e. The second-order valence-corrected chi connectivity index (χ2v) is 5.77. The van der Waals surface area contributed by atoms with E-state index in [4.69, 9.17) is 32.7 Å². The molecule has 2 aromatic rings. The standard InChI is InChI=1S/C16H14Cl2N2O5/c1-9-3-5-11(17)16(15(9)18)19-14(21)8-25-13-6-4-10(24-2)7-12(13)20(22)23/h3-7H,8H2,1-2H3,(H,19,21). The first kappa shape index (κ1) is 18.8. The Balaban J connectivity index is 2.11. The van der Waals surface area contributed by atoms with Crippen molar-refractivity contribution in [1.29, 1.82) is 0 Å². The highest BCUT2D eigenvalue weighted by molar-refractivity contribution is 6.40. The number of nitrogens with zero attached hydrogens (tertiary/aromatic N) is 1. The molecule has 25 heavy (non-hydrogen) atoms. The lowest BCUT2D eigenvalue weighted by molar-refractivity contribution is -0.385. The number of nitrogens with one attached hydrogen (secondary N) is 1. The van der Waals surface area contributed by atoms with Gasteiger partial charge in [-0.3, -0.25) is 14.9 Å². The number of carbonyl (C=O) groups excluding carboxylic acids is 1. The zero-order valence-corrected chi connectivity index (χ0v) is 14.9. The van der Waals surface area contributed by atoms with Crippen molar-refractivity contribution in [2.75, 3.05) is 19.0 Å². The zero-order valence-electron chi connectivity index (χ0n) is 13.3. The van der Waals surface area contributed by atoms with Crippen LogP contribution in [0.1, 0.15) is 5.56 Å². The van der Waals surface area contributed by atoms with Gasteiger partial charge in [0.1, 0.15) is 5.75 Å². The first-order chi connectivity index (χ1) is 11.8. The van der Waals surface area contributed by atoms with Crippen molar-refractivity contribution < 1.29 is 19.2 Å². The summed E-state index contributed by atoms with van der Waals surface area (Å²) in [6.07, 6.45) is 0. The van der Waals surface area contributed by atoms with E-state index < -0.39 is 17.4 Å². The van der Waals surface area contributed by atoms with Crippen LogP contribution in [-0.4, -0.2) is 24.5 Å². The van der Waals surface area contributed by atoms with Crippen molar-refractivity contribution in [3.63, 3.8) is 0 Å². The van der Waals surface area contributed by atoms with E-state index in [-0.39, 0.29) is 22.1 Å². The highest BCUT2D eigenvalue weighted by Crippen LogP contribution is 2.33. The lowest BCUT2D eigenvalue weighted by Crippen LogP contribution is -2.21.